The van der Waals surface area contributed by atoms with Gasteiger partial charge in [0.1, 0.15) is 11.6 Å². The molecule has 1 aliphatic rings. The van der Waals surface area contributed by atoms with E-state index in [0.717, 1.165) is 16.7 Å². The second-order valence-corrected chi connectivity index (χ2v) is 7.74. The molecule has 0 spiro atoms. The first-order chi connectivity index (χ1) is 16.0. The number of hydroxylamine groups is 1. The fourth-order valence-corrected chi connectivity index (χ4v) is 3.87. The number of nitrogens with one attached hydrogen (secondary N) is 1. The molecule has 4 rings (SSSR count). The summed E-state index contributed by atoms with van der Waals surface area (Å²) in [6.07, 6.45) is 2.42. The first-order valence-electron chi connectivity index (χ1n) is 10.5. The summed E-state index contributed by atoms with van der Waals surface area (Å²) >= 11 is 0. The van der Waals surface area contributed by atoms with E-state index in [0.29, 0.717) is 42.0 Å². The molecule has 1 heterocycles. The SMILES string of the molecule is COc1ccc(C=C(C(=O)N2CCc3ccc(C(=O)NO)cc3C2)c2ccc(F)cc2)cc1. The Labute approximate surface area is 190 Å². The molecule has 0 saturated carbocycles. The summed E-state index contributed by atoms with van der Waals surface area (Å²) < 4.78 is 18.7. The van der Waals surface area contributed by atoms with Crippen molar-refractivity contribution in [3.63, 3.8) is 0 Å². The number of hydrogen-bond acceptors (Lipinski definition) is 4. The van der Waals surface area contributed by atoms with Crippen LogP contribution in [0, 0.1) is 5.82 Å². The highest BCUT2D eigenvalue weighted by Gasteiger charge is 2.25. The highest BCUT2D eigenvalue weighted by atomic mass is 19.1. The maximum atomic E-state index is 13.6. The van der Waals surface area contributed by atoms with Crippen LogP contribution in [0.15, 0.2) is 66.7 Å². The monoisotopic (exact) mass is 446 g/mol. The molecule has 3 aromatic rings. The summed E-state index contributed by atoms with van der Waals surface area (Å²) in [5.41, 5.74) is 5.70. The number of amides is 2. The molecule has 6 nitrogen and oxygen atoms in total. The van der Waals surface area contributed by atoms with Crippen LogP contribution in [-0.4, -0.2) is 35.6 Å². The molecule has 7 heteroatoms. The smallest absolute Gasteiger partial charge is 0.274 e. The Morgan fingerprint density at radius 1 is 1.00 bits per heavy atom. The summed E-state index contributed by atoms with van der Waals surface area (Å²) in [7, 11) is 1.59. The molecule has 2 amide bonds. The second kappa shape index (κ2) is 9.67. The maximum Gasteiger partial charge on any atom is 0.274 e. The predicted octanol–water partition coefficient (Wildman–Crippen LogP) is 4.08. The minimum atomic E-state index is -0.604. The van der Waals surface area contributed by atoms with E-state index in [9.17, 15) is 14.0 Å². The van der Waals surface area contributed by atoms with Crippen molar-refractivity contribution < 1.29 is 23.9 Å². The molecular formula is C26H23FN2O4. The average molecular weight is 446 g/mol. The van der Waals surface area contributed by atoms with Crippen molar-refractivity contribution in [1.29, 1.82) is 0 Å². The number of carbonyl (C=O) groups excluding carboxylic acids is 2. The standard InChI is InChI=1S/C26H23FN2O4/c1-33-23-10-2-17(3-11-23)14-24(19-6-8-22(27)9-7-19)26(31)29-13-12-18-4-5-20(25(30)28-32)15-21(18)16-29/h2-11,14-15,32H,12-13,16H2,1H3,(H,28,30). The summed E-state index contributed by atoms with van der Waals surface area (Å²) in [6, 6.07) is 18.3. The fourth-order valence-electron chi connectivity index (χ4n) is 3.87. The van der Waals surface area contributed by atoms with Crippen LogP contribution >= 0.6 is 0 Å². The first kappa shape index (κ1) is 22.2. The van der Waals surface area contributed by atoms with E-state index in [-0.39, 0.29) is 11.7 Å². The molecule has 3 aromatic carbocycles. The molecule has 168 valence electrons. The molecule has 0 unspecified atom stereocenters. The van der Waals surface area contributed by atoms with Crippen LogP contribution in [-0.2, 0) is 17.8 Å². The van der Waals surface area contributed by atoms with Crippen LogP contribution in [0.25, 0.3) is 11.6 Å². The minimum absolute atomic E-state index is 0.194. The summed E-state index contributed by atoms with van der Waals surface area (Å²) in [5.74, 6) is -0.471. The van der Waals surface area contributed by atoms with Gasteiger partial charge >= 0.3 is 0 Å². The zero-order valence-electron chi connectivity index (χ0n) is 18.0. The number of rotatable bonds is 5. The van der Waals surface area contributed by atoms with Crippen LogP contribution < -0.4 is 10.2 Å². The number of hydrogen-bond donors (Lipinski definition) is 2. The van der Waals surface area contributed by atoms with E-state index in [1.165, 1.54) is 12.1 Å². The van der Waals surface area contributed by atoms with Crippen molar-refractivity contribution >= 4 is 23.5 Å². The van der Waals surface area contributed by atoms with Gasteiger partial charge < -0.3 is 9.64 Å². The van der Waals surface area contributed by atoms with E-state index < -0.39 is 5.91 Å². The maximum absolute atomic E-state index is 13.6. The van der Waals surface area contributed by atoms with Crippen molar-refractivity contribution in [2.24, 2.45) is 0 Å². The van der Waals surface area contributed by atoms with E-state index in [4.69, 9.17) is 9.94 Å². The minimum Gasteiger partial charge on any atom is -0.497 e. The number of ether oxygens (including phenoxy) is 1. The van der Waals surface area contributed by atoms with Crippen LogP contribution in [0.1, 0.15) is 32.6 Å². The number of halogens is 1. The first-order valence-corrected chi connectivity index (χ1v) is 10.5. The molecule has 0 bridgehead atoms. The fraction of sp³-hybridized carbons (Fsp3) is 0.154. The van der Waals surface area contributed by atoms with E-state index in [1.807, 2.05) is 30.3 Å². The predicted molar refractivity (Wildman–Crippen MR) is 122 cm³/mol. The van der Waals surface area contributed by atoms with Crippen LogP contribution in [0.3, 0.4) is 0 Å². The van der Waals surface area contributed by atoms with Gasteiger partial charge in [0.25, 0.3) is 11.8 Å². The lowest BCUT2D eigenvalue weighted by molar-refractivity contribution is -0.125. The van der Waals surface area contributed by atoms with Crippen molar-refractivity contribution in [1.82, 2.24) is 10.4 Å². The van der Waals surface area contributed by atoms with Crippen molar-refractivity contribution in [2.75, 3.05) is 13.7 Å². The highest BCUT2D eigenvalue weighted by Crippen LogP contribution is 2.27. The molecule has 0 fully saturated rings. The summed E-state index contributed by atoms with van der Waals surface area (Å²) in [6.45, 7) is 0.834. The Kier molecular flexibility index (Phi) is 6.51. The topological polar surface area (TPSA) is 78.9 Å². The zero-order chi connectivity index (χ0) is 23.4. The normalized spacial score (nSPS) is 13.3. The van der Waals surface area contributed by atoms with Crippen LogP contribution in [0.2, 0.25) is 0 Å². The van der Waals surface area contributed by atoms with E-state index in [2.05, 4.69) is 0 Å². The molecule has 2 N–H and O–H groups in total. The number of nitrogens with zero attached hydrogens (tertiary/aromatic N) is 1. The highest BCUT2D eigenvalue weighted by molar-refractivity contribution is 6.24. The molecule has 1 aliphatic heterocycles. The third kappa shape index (κ3) is 4.94. The van der Waals surface area contributed by atoms with Crippen molar-refractivity contribution in [3.05, 3.63) is 100 Å². The van der Waals surface area contributed by atoms with Gasteiger partial charge in [0.2, 0.25) is 0 Å². The lowest BCUT2D eigenvalue weighted by atomic mass is 9.95. The van der Waals surface area contributed by atoms with Gasteiger partial charge in [-0.25, -0.2) is 9.87 Å². The third-order valence-corrected chi connectivity index (χ3v) is 5.68. The average Bonchev–Trinajstić information content (AvgIpc) is 2.86. The molecule has 0 aliphatic carbocycles. The molecule has 33 heavy (non-hydrogen) atoms. The van der Waals surface area contributed by atoms with Crippen LogP contribution in [0.5, 0.6) is 5.75 Å². The second-order valence-electron chi connectivity index (χ2n) is 7.74. The summed E-state index contributed by atoms with van der Waals surface area (Å²) in [4.78, 5) is 27.1. The number of methoxy groups -OCH3 is 1. The molecule has 0 radical (unpaired) electrons. The molecule has 0 aromatic heterocycles. The number of fused-ring (bicyclic) bond motifs is 1. The third-order valence-electron chi connectivity index (χ3n) is 5.68. The van der Waals surface area contributed by atoms with Gasteiger partial charge in [0.05, 0.1) is 7.11 Å². The quantitative estimate of drug-likeness (QED) is 0.268. The molecular weight excluding hydrogens is 423 g/mol. The number of benzene rings is 3. The van der Waals surface area contributed by atoms with Gasteiger partial charge in [0, 0.05) is 24.2 Å². The molecule has 0 saturated heterocycles. The van der Waals surface area contributed by atoms with Gasteiger partial charge in [-0.15, -0.1) is 0 Å². The Balaban J connectivity index is 1.67. The zero-order valence-corrected chi connectivity index (χ0v) is 18.0. The van der Waals surface area contributed by atoms with Crippen molar-refractivity contribution in [2.45, 2.75) is 13.0 Å². The van der Waals surface area contributed by atoms with E-state index >= 15 is 0 Å². The van der Waals surface area contributed by atoms with Gasteiger partial charge in [-0.3, -0.25) is 14.8 Å². The largest absolute Gasteiger partial charge is 0.497 e. The Morgan fingerprint density at radius 2 is 1.70 bits per heavy atom. The Hall–Kier alpha value is -3.97. The van der Waals surface area contributed by atoms with Crippen molar-refractivity contribution in [3.8, 4) is 5.75 Å². The lowest BCUT2D eigenvalue weighted by Gasteiger charge is -2.30. The van der Waals surface area contributed by atoms with Gasteiger partial charge in [-0.1, -0.05) is 30.3 Å². The molecule has 0 atom stereocenters. The van der Waals surface area contributed by atoms with Gasteiger partial charge in [-0.2, -0.15) is 0 Å². The van der Waals surface area contributed by atoms with Crippen LogP contribution in [0.4, 0.5) is 4.39 Å². The van der Waals surface area contributed by atoms with E-state index in [1.54, 1.807) is 47.8 Å². The summed E-state index contributed by atoms with van der Waals surface area (Å²) in [5, 5.41) is 8.92. The van der Waals surface area contributed by atoms with Gasteiger partial charge in [-0.05, 0) is 71.1 Å². The van der Waals surface area contributed by atoms with Gasteiger partial charge in [0.15, 0.2) is 0 Å². The lowest BCUT2D eigenvalue weighted by Crippen LogP contribution is -2.36. The Bertz CT molecular complexity index is 1200. The number of carbonyl (C=O) groups is 2. The Morgan fingerprint density at radius 3 is 2.36 bits per heavy atom.